The minimum atomic E-state index is -4.68. The lowest BCUT2D eigenvalue weighted by molar-refractivity contribution is -0.388. The Kier molecular flexibility index (Phi) is 7.27. The lowest BCUT2D eigenvalue weighted by Crippen LogP contribution is -2.19. The molecule has 3 aromatic rings. The Morgan fingerprint density at radius 2 is 1.72 bits per heavy atom. The molecule has 0 aliphatic heterocycles. The van der Waals surface area contributed by atoms with Gasteiger partial charge in [-0.15, -0.1) is 0 Å². The van der Waals surface area contributed by atoms with Crippen LogP contribution in [0.5, 0.6) is 0 Å². The quantitative estimate of drug-likeness (QED) is 0.216. The number of benzene rings is 3. The largest absolute Gasteiger partial charge is 0.416 e. The number of anilines is 2. The predicted octanol–water partition coefficient (Wildman–Crippen LogP) is 7.54. The van der Waals surface area contributed by atoms with E-state index >= 15 is 0 Å². The summed E-state index contributed by atoms with van der Waals surface area (Å²) in [4.78, 5) is 11.1. The lowest BCUT2D eigenvalue weighted by Gasteiger charge is -2.15. The average Bonchev–Trinajstić information content (AvgIpc) is 2.71. The number of nitro benzene ring substituents is 1. The van der Waals surface area contributed by atoms with Gasteiger partial charge in [-0.1, -0.05) is 41.6 Å². The fourth-order valence-corrected chi connectivity index (χ4v) is 4.19. The van der Waals surface area contributed by atoms with E-state index in [1.807, 2.05) is 13.0 Å². The third-order valence-corrected chi connectivity index (χ3v) is 5.87. The summed E-state index contributed by atoms with van der Waals surface area (Å²) in [7, 11) is 0. The molecule has 5 nitrogen and oxygen atoms in total. The maximum absolute atomic E-state index is 13.0. The molecule has 0 aromatic heterocycles. The van der Waals surface area contributed by atoms with Gasteiger partial charge in [0.25, 0.3) is 5.69 Å². The zero-order valence-corrected chi connectivity index (χ0v) is 18.8. The molecule has 0 saturated heterocycles. The van der Waals surface area contributed by atoms with Gasteiger partial charge in [-0.05, 0) is 61.1 Å². The van der Waals surface area contributed by atoms with Gasteiger partial charge in [0, 0.05) is 11.0 Å². The second kappa shape index (κ2) is 9.76. The Hall–Kier alpha value is -2.82. The highest BCUT2D eigenvalue weighted by Crippen LogP contribution is 2.41. The van der Waals surface area contributed by atoms with Crippen LogP contribution in [0, 0.1) is 17.0 Å². The van der Waals surface area contributed by atoms with Crippen LogP contribution in [0.4, 0.5) is 30.2 Å². The molecule has 32 heavy (non-hydrogen) atoms. The van der Waals surface area contributed by atoms with E-state index in [0.29, 0.717) is 27.4 Å². The van der Waals surface area contributed by atoms with E-state index in [2.05, 4.69) is 10.6 Å². The van der Waals surface area contributed by atoms with Crippen LogP contribution in [0.3, 0.4) is 0 Å². The standard InChI is InChI=1S/C21H15ClF3N3O2S2/c1-12-6-8-15(14(22)10-12)26-20(31)27-16-4-2-3-5-18(16)32-19-9-7-13(21(23,24)25)11-17(19)28(29)30/h2-11H,1H3,(H2,26,27,31). The highest BCUT2D eigenvalue weighted by Gasteiger charge is 2.33. The number of halogens is 4. The summed E-state index contributed by atoms with van der Waals surface area (Å²) in [6.45, 7) is 1.90. The molecule has 0 saturated carbocycles. The summed E-state index contributed by atoms with van der Waals surface area (Å²) in [5, 5.41) is 18.1. The molecule has 3 rings (SSSR count). The second-order valence-corrected chi connectivity index (χ2v) is 8.50. The molecule has 0 spiro atoms. The van der Waals surface area contributed by atoms with Crippen LogP contribution in [0.2, 0.25) is 5.02 Å². The Balaban J connectivity index is 1.84. The molecule has 11 heteroatoms. The number of nitrogens with one attached hydrogen (secondary N) is 2. The van der Waals surface area contributed by atoms with Gasteiger partial charge in [-0.25, -0.2) is 0 Å². The Labute approximate surface area is 196 Å². The molecule has 2 N–H and O–H groups in total. The molecule has 3 aromatic carbocycles. The number of hydrogen-bond acceptors (Lipinski definition) is 4. The van der Waals surface area contributed by atoms with Crippen LogP contribution >= 0.6 is 35.6 Å². The lowest BCUT2D eigenvalue weighted by atomic mass is 10.2. The van der Waals surface area contributed by atoms with Gasteiger partial charge in [0.05, 0.1) is 31.8 Å². The summed E-state index contributed by atoms with van der Waals surface area (Å²) in [5.41, 5.74) is 0.386. The molecule has 0 atom stereocenters. The minimum Gasteiger partial charge on any atom is -0.332 e. The van der Waals surface area contributed by atoms with E-state index in [-0.39, 0.29) is 10.0 Å². The monoisotopic (exact) mass is 497 g/mol. The first-order chi connectivity index (χ1) is 15.0. The molecule has 0 unspecified atom stereocenters. The van der Waals surface area contributed by atoms with Gasteiger partial charge < -0.3 is 10.6 Å². The topological polar surface area (TPSA) is 67.2 Å². The van der Waals surface area contributed by atoms with Crippen LogP contribution < -0.4 is 10.6 Å². The SMILES string of the molecule is Cc1ccc(NC(=S)Nc2ccccc2Sc2ccc(C(F)(F)F)cc2[N+](=O)[O-])c(Cl)c1. The van der Waals surface area contributed by atoms with E-state index in [1.54, 1.807) is 36.4 Å². The second-order valence-electron chi connectivity index (χ2n) is 6.60. The third-order valence-electron chi connectivity index (χ3n) is 4.21. The van der Waals surface area contributed by atoms with Crippen LogP contribution in [0.15, 0.2) is 70.5 Å². The molecular formula is C21H15ClF3N3O2S2. The van der Waals surface area contributed by atoms with Crippen LogP contribution in [0.25, 0.3) is 0 Å². The van der Waals surface area contributed by atoms with Gasteiger partial charge in [0.15, 0.2) is 5.11 Å². The number of nitrogens with zero attached hydrogens (tertiary/aromatic N) is 1. The first-order valence-corrected chi connectivity index (χ1v) is 10.6. The van der Waals surface area contributed by atoms with Crippen molar-refractivity contribution in [3.63, 3.8) is 0 Å². The Bertz CT molecular complexity index is 1190. The fourth-order valence-electron chi connectivity index (χ4n) is 2.70. The number of nitro groups is 1. The first kappa shape index (κ1) is 23.8. The molecule has 166 valence electrons. The molecule has 0 radical (unpaired) electrons. The summed E-state index contributed by atoms with van der Waals surface area (Å²) >= 11 is 12.5. The van der Waals surface area contributed by atoms with Gasteiger partial charge in [-0.2, -0.15) is 13.2 Å². The van der Waals surface area contributed by atoms with Crippen molar-refractivity contribution < 1.29 is 18.1 Å². The summed E-state index contributed by atoms with van der Waals surface area (Å²) in [6.07, 6.45) is -4.68. The van der Waals surface area contributed by atoms with Crippen molar-refractivity contribution in [2.75, 3.05) is 10.6 Å². The highest BCUT2D eigenvalue weighted by atomic mass is 35.5. The number of hydrogen-bond donors (Lipinski definition) is 2. The van der Waals surface area contributed by atoms with Gasteiger partial charge >= 0.3 is 6.18 Å². The van der Waals surface area contributed by atoms with E-state index in [9.17, 15) is 23.3 Å². The van der Waals surface area contributed by atoms with Gasteiger partial charge in [0.2, 0.25) is 0 Å². The van der Waals surface area contributed by atoms with Crippen LogP contribution in [0.1, 0.15) is 11.1 Å². The molecular weight excluding hydrogens is 483 g/mol. The zero-order valence-electron chi connectivity index (χ0n) is 16.4. The normalized spacial score (nSPS) is 11.2. The number of alkyl halides is 3. The summed E-state index contributed by atoms with van der Waals surface area (Å²) in [6, 6.07) is 14.7. The number of rotatable bonds is 5. The van der Waals surface area contributed by atoms with E-state index < -0.39 is 22.4 Å². The van der Waals surface area contributed by atoms with Crippen molar-refractivity contribution in [1.82, 2.24) is 0 Å². The first-order valence-electron chi connectivity index (χ1n) is 9.01. The number of para-hydroxylation sites is 1. The Morgan fingerprint density at radius 1 is 1.03 bits per heavy atom. The van der Waals surface area contributed by atoms with Crippen molar-refractivity contribution in [2.24, 2.45) is 0 Å². The highest BCUT2D eigenvalue weighted by molar-refractivity contribution is 7.99. The van der Waals surface area contributed by atoms with E-state index in [0.717, 1.165) is 29.5 Å². The molecule has 0 amide bonds. The van der Waals surface area contributed by atoms with Crippen molar-refractivity contribution in [2.45, 2.75) is 22.9 Å². The van der Waals surface area contributed by atoms with Crippen molar-refractivity contribution in [3.8, 4) is 0 Å². The fraction of sp³-hybridized carbons (Fsp3) is 0.0952. The average molecular weight is 498 g/mol. The molecule has 0 heterocycles. The van der Waals surface area contributed by atoms with Crippen molar-refractivity contribution in [1.29, 1.82) is 0 Å². The van der Waals surface area contributed by atoms with E-state index in [4.69, 9.17) is 23.8 Å². The summed E-state index contributed by atoms with van der Waals surface area (Å²) < 4.78 is 38.9. The number of thiocarbonyl (C=S) groups is 1. The maximum Gasteiger partial charge on any atom is 0.416 e. The maximum atomic E-state index is 13.0. The molecule has 0 aliphatic carbocycles. The van der Waals surface area contributed by atoms with Crippen molar-refractivity contribution >= 4 is 57.8 Å². The number of aryl methyl sites for hydroxylation is 1. The van der Waals surface area contributed by atoms with Crippen molar-refractivity contribution in [3.05, 3.63) is 86.9 Å². The molecule has 0 fully saturated rings. The van der Waals surface area contributed by atoms with Crippen LogP contribution in [-0.2, 0) is 6.18 Å². The zero-order chi connectivity index (χ0) is 23.5. The third kappa shape index (κ3) is 5.90. The molecule has 0 aliphatic rings. The molecule has 0 bridgehead atoms. The summed E-state index contributed by atoms with van der Waals surface area (Å²) in [5.74, 6) is 0. The van der Waals surface area contributed by atoms with Gasteiger partial charge in [0.1, 0.15) is 0 Å². The minimum absolute atomic E-state index is 0.0673. The predicted molar refractivity (Wildman–Crippen MR) is 125 cm³/mol. The van der Waals surface area contributed by atoms with E-state index in [1.165, 1.54) is 0 Å². The Morgan fingerprint density at radius 3 is 2.38 bits per heavy atom. The van der Waals surface area contributed by atoms with Crippen LogP contribution in [-0.4, -0.2) is 10.0 Å². The smallest absolute Gasteiger partial charge is 0.332 e. The van der Waals surface area contributed by atoms with Gasteiger partial charge in [-0.3, -0.25) is 10.1 Å².